The Labute approximate surface area is 191 Å². The van der Waals surface area contributed by atoms with Crippen LogP contribution < -0.4 is 0 Å². The molecule has 2 fully saturated rings. The maximum absolute atomic E-state index is 13.3. The molecule has 0 spiro atoms. The van der Waals surface area contributed by atoms with Crippen LogP contribution in [0.25, 0.3) is 10.9 Å². The number of fused-ring (bicyclic) bond motifs is 2. The maximum atomic E-state index is 13.3. The average molecular weight is 442 g/mol. The molecule has 1 aliphatic heterocycles. The zero-order valence-electron chi connectivity index (χ0n) is 18.3. The minimum absolute atomic E-state index is 0.149. The van der Waals surface area contributed by atoms with Crippen molar-refractivity contribution in [1.82, 2.24) is 9.58 Å². The highest BCUT2D eigenvalue weighted by atomic mass is 19.1. The largest absolute Gasteiger partial charge is 0.340 e. The fraction of sp³-hybridized carbons (Fsp3) is 0.296. The van der Waals surface area contributed by atoms with Crippen LogP contribution >= 0.6 is 0 Å². The number of para-hydroxylation sites is 1. The summed E-state index contributed by atoms with van der Waals surface area (Å²) in [7, 11) is 0. The molecular formula is C27H24FN3O2. The number of rotatable bonds is 4. The highest BCUT2D eigenvalue weighted by Crippen LogP contribution is 2.49. The first-order valence-corrected chi connectivity index (χ1v) is 11.5. The van der Waals surface area contributed by atoms with Crippen molar-refractivity contribution in [3.8, 4) is 0 Å². The van der Waals surface area contributed by atoms with Gasteiger partial charge in [-0.05, 0) is 55.4 Å². The number of carbonyl (C=O) groups excluding carboxylic acids is 2. The van der Waals surface area contributed by atoms with Crippen LogP contribution in [0.4, 0.5) is 4.39 Å². The summed E-state index contributed by atoms with van der Waals surface area (Å²) in [5.41, 5.74) is 3.86. The molecule has 0 N–H and O–H groups in total. The smallest absolute Gasteiger partial charge is 0.254 e. The van der Waals surface area contributed by atoms with Gasteiger partial charge in [-0.2, -0.15) is 10.1 Å². The van der Waals surface area contributed by atoms with E-state index in [0.29, 0.717) is 6.54 Å². The van der Waals surface area contributed by atoms with Gasteiger partial charge in [0.1, 0.15) is 5.82 Å². The molecule has 4 aliphatic rings. The molecule has 3 aliphatic carbocycles. The molecule has 2 amide bonds. The molecule has 1 saturated carbocycles. The van der Waals surface area contributed by atoms with E-state index in [0.717, 1.165) is 45.6 Å². The SMILES string of the molecule is Cc1c(/C=N\N2C(=O)[C@@H]3[C@@H](C2=O)[C@H]2C=C[C@H]3CC2)c2ccccc2n1Cc1ccc(F)cc1. The molecule has 4 atom stereocenters. The predicted octanol–water partition coefficient (Wildman–Crippen LogP) is 4.67. The number of halogens is 1. The second-order valence-electron chi connectivity index (χ2n) is 9.30. The molecule has 0 radical (unpaired) electrons. The lowest BCUT2D eigenvalue weighted by Crippen LogP contribution is -2.38. The molecule has 2 heterocycles. The Morgan fingerprint density at radius 2 is 1.61 bits per heavy atom. The number of aromatic nitrogens is 1. The van der Waals surface area contributed by atoms with E-state index in [9.17, 15) is 14.0 Å². The lowest BCUT2D eigenvalue weighted by molar-refractivity contribution is -0.140. The lowest BCUT2D eigenvalue weighted by Gasteiger charge is -2.37. The summed E-state index contributed by atoms with van der Waals surface area (Å²) in [6.07, 6.45) is 7.81. The second kappa shape index (κ2) is 7.51. The Morgan fingerprint density at radius 1 is 0.970 bits per heavy atom. The van der Waals surface area contributed by atoms with Gasteiger partial charge in [0.05, 0.1) is 18.1 Å². The van der Waals surface area contributed by atoms with Crippen molar-refractivity contribution in [3.63, 3.8) is 0 Å². The number of imide groups is 1. The van der Waals surface area contributed by atoms with Crippen molar-refractivity contribution in [1.29, 1.82) is 0 Å². The van der Waals surface area contributed by atoms with Crippen molar-refractivity contribution >= 4 is 28.9 Å². The number of hydrogen-bond acceptors (Lipinski definition) is 3. The van der Waals surface area contributed by atoms with E-state index in [1.165, 1.54) is 12.1 Å². The van der Waals surface area contributed by atoms with Crippen molar-refractivity contribution in [3.05, 3.63) is 83.3 Å². The summed E-state index contributed by atoms with van der Waals surface area (Å²) in [5.74, 6) is -0.837. The first kappa shape index (κ1) is 20.1. The van der Waals surface area contributed by atoms with Gasteiger partial charge in [-0.15, -0.1) is 0 Å². The lowest BCUT2D eigenvalue weighted by atomic mass is 9.63. The van der Waals surface area contributed by atoms with Gasteiger partial charge in [-0.1, -0.05) is 42.5 Å². The fourth-order valence-electron chi connectivity index (χ4n) is 5.88. The molecule has 1 aromatic heterocycles. The summed E-state index contributed by atoms with van der Waals surface area (Å²) in [5, 5.41) is 6.55. The van der Waals surface area contributed by atoms with Gasteiger partial charge in [0, 0.05) is 28.7 Å². The molecule has 3 aromatic rings. The zero-order valence-corrected chi connectivity index (χ0v) is 18.3. The van der Waals surface area contributed by atoms with Crippen molar-refractivity contribution in [2.45, 2.75) is 26.3 Å². The van der Waals surface area contributed by atoms with Crippen LogP contribution in [-0.4, -0.2) is 27.6 Å². The van der Waals surface area contributed by atoms with Gasteiger partial charge in [0.25, 0.3) is 11.8 Å². The molecule has 5 nitrogen and oxygen atoms in total. The van der Waals surface area contributed by atoms with Gasteiger partial charge in [-0.25, -0.2) is 4.39 Å². The van der Waals surface area contributed by atoms with E-state index < -0.39 is 0 Å². The number of amides is 2. The number of benzene rings is 2. The van der Waals surface area contributed by atoms with E-state index in [-0.39, 0.29) is 41.3 Å². The third-order valence-electron chi connectivity index (χ3n) is 7.57. The molecule has 0 unspecified atom stereocenters. The van der Waals surface area contributed by atoms with E-state index in [4.69, 9.17) is 0 Å². The molecule has 33 heavy (non-hydrogen) atoms. The van der Waals surface area contributed by atoms with Crippen LogP contribution in [0, 0.1) is 36.4 Å². The van der Waals surface area contributed by atoms with Gasteiger partial charge in [0.2, 0.25) is 0 Å². The number of nitrogens with zero attached hydrogens (tertiary/aromatic N) is 3. The Bertz CT molecular complexity index is 1310. The van der Waals surface area contributed by atoms with E-state index in [1.807, 2.05) is 31.2 Å². The first-order valence-electron chi connectivity index (χ1n) is 11.5. The summed E-state index contributed by atoms with van der Waals surface area (Å²) in [4.78, 5) is 26.2. The van der Waals surface area contributed by atoms with Gasteiger partial charge < -0.3 is 4.57 Å². The summed E-state index contributed by atoms with van der Waals surface area (Å²) in [6, 6.07) is 14.5. The van der Waals surface area contributed by atoms with Crippen molar-refractivity contribution < 1.29 is 14.0 Å². The van der Waals surface area contributed by atoms with Crippen LogP contribution in [0.1, 0.15) is 29.7 Å². The molecule has 1 saturated heterocycles. The predicted molar refractivity (Wildman–Crippen MR) is 124 cm³/mol. The molecule has 2 bridgehead atoms. The summed E-state index contributed by atoms with van der Waals surface area (Å²) in [6.45, 7) is 2.59. The molecule has 166 valence electrons. The van der Waals surface area contributed by atoms with Crippen LogP contribution in [-0.2, 0) is 16.1 Å². The Morgan fingerprint density at radius 3 is 2.24 bits per heavy atom. The third kappa shape index (κ3) is 3.08. The number of hydrogen-bond donors (Lipinski definition) is 0. The van der Waals surface area contributed by atoms with E-state index in [1.54, 1.807) is 18.3 Å². The Kier molecular flexibility index (Phi) is 4.57. The van der Waals surface area contributed by atoms with Crippen LogP contribution in [0.5, 0.6) is 0 Å². The standard InChI is InChI=1S/C27H24FN3O2/c1-16-22(14-29-31-26(32)24-18-8-9-19(11-10-18)25(24)27(31)33)21-4-2-3-5-23(21)30(16)15-17-6-12-20(28)13-7-17/h2-9,12-14,18-19,24-25H,10-11,15H2,1H3/b29-14-/t18-,19-,24-,25-/m0/s1. The normalized spacial score (nSPS) is 26.2. The number of carbonyl (C=O) groups is 2. The van der Waals surface area contributed by atoms with E-state index in [2.05, 4.69) is 21.8 Å². The third-order valence-corrected chi connectivity index (χ3v) is 7.57. The van der Waals surface area contributed by atoms with Gasteiger partial charge in [0.15, 0.2) is 0 Å². The minimum atomic E-state index is -0.265. The van der Waals surface area contributed by atoms with Crippen molar-refractivity contribution in [2.24, 2.45) is 28.8 Å². The van der Waals surface area contributed by atoms with Gasteiger partial charge in [-0.3, -0.25) is 9.59 Å². The molecule has 6 heteroatoms. The summed E-state index contributed by atoms with van der Waals surface area (Å²) < 4.78 is 15.5. The van der Waals surface area contributed by atoms with Crippen LogP contribution in [0.15, 0.2) is 65.8 Å². The molecule has 2 aromatic carbocycles. The monoisotopic (exact) mass is 441 g/mol. The molecule has 7 rings (SSSR count). The fourth-order valence-corrected chi connectivity index (χ4v) is 5.88. The topological polar surface area (TPSA) is 54.7 Å². The highest BCUT2D eigenvalue weighted by Gasteiger charge is 2.56. The van der Waals surface area contributed by atoms with E-state index >= 15 is 0 Å². The summed E-state index contributed by atoms with van der Waals surface area (Å²) >= 11 is 0. The average Bonchev–Trinajstić information content (AvgIpc) is 3.26. The zero-order chi connectivity index (χ0) is 22.7. The highest BCUT2D eigenvalue weighted by molar-refractivity contribution is 6.07. The second-order valence-corrected chi connectivity index (χ2v) is 9.30. The Balaban J connectivity index is 1.35. The minimum Gasteiger partial charge on any atom is -0.340 e. The van der Waals surface area contributed by atoms with Crippen LogP contribution in [0.2, 0.25) is 0 Å². The number of allylic oxidation sites excluding steroid dienone is 2. The van der Waals surface area contributed by atoms with Gasteiger partial charge >= 0.3 is 0 Å². The maximum Gasteiger partial charge on any atom is 0.254 e. The van der Waals surface area contributed by atoms with Crippen LogP contribution in [0.3, 0.4) is 0 Å². The van der Waals surface area contributed by atoms with Crippen molar-refractivity contribution in [2.75, 3.05) is 0 Å². The molecular weight excluding hydrogens is 417 g/mol. The first-order chi connectivity index (χ1) is 16.0. The Hall–Kier alpha value is -3.54. The quantitative estimate of drug-likeness (QED) is 0.336. The number of hydrazone groups is 1.